The van der Waals surface area contributed by atoms with Crippen LogP contribution in [0.1, 0.15) is 0 Å². The summed E-state index contributed by atoms with van der Waals surface area (Å²) < 4.78 is 3.35. The molecule has 0 amide bonds. The minimum atomic E-state index is 1.03. The Balaban J connectivity index is 1.83. The molecule has 0 fully saturated rings. The van der Waals surface area contributed by atoms with Crippen molar-refractivity contribution in [2.45, 2.75) is 0 Å². The molecule has 0 unspecified atom stereocenters. The molecule has 0 saturated carbocycles. The summed E-state index contributed by atoms with van der Waals surface area (Å²) in [5.41, 5.74) is 6.85. The van der Waals surface area contributed by atoms with Gasteiger partial charge in [0.1, 0.15) is 0 Å². The third-order valence-electron chi connectivity index (χ3n) is 4.69. The lowest BCUT2D eigenvalue weighted by atomic mass is 10.1. The van der Waals surface area contributed by atoms with Crippen LogP contribution >= 0.6 is 15.9 Å². The summed E-state index contributed by atoms with van der Waals surface area (Å²) in [6, 6.07) is 29.6. The van der Waals surface area contributed by atoms with Crippen LogP contribution in [0.25, 0.3) is 38.8 Å². The molecule has 0 bridgehead atoms. The first-order valence-corrected chi connectivity index (χ1v) is 9.31. The van der Waals surface area contributed by atoms with Gasteiger partial charge in [0.2, 0.25) is 0 Å². The average molecular weight is 399 g/mol. The van der Waals surface area contributed by atoms with E-state index in [9.17, 15) is 0 Å². The highest BCUT2D eigenvalue weighted by Crippen LogP contribution is 2.33. The Morgan fingerprint density at radius 1 is 0.692 bits per heavy atom. The highest BCUT2D eigenvalue weighted by molar-refractivity contribution is 9.10. The molecule has 0 aliphatic heterocycles. The Kier molecular flexibility index (Phi) is 3.61. The second-order valence-corrected chi connectivity index (χ2v) is 7.20. The Morgan fingerprint density at radius 2 is 1.54 bits per heavy atom. The molecule has 0 aliphatic rings. The fourth-order valence-electron chi connectivity index (χ4n) is 3.54. The van der Waals surface area contributed by atoms with E-state index in [4.69, 9.17) is 0 Å². The number of pyridine rings is 1. The zero-order valence-electron chi connectivity index (χ0n) is 13.9. The van der Waals surface area contributed by atoms with E-state index in [0.29, 0.717) is 0 Å². The molecule has 0 atom stereocenters. The van der Waals surface area contributed by atoms with Crippen LogP contribution in [-0.2, 0) is 0 Å². The van der Waals surface area contributed by atoms with Crippen molar-refractivity contribution in [2.75, 3.05) is 0 Å². The van der Waals surface area contributed by atoms with Gasteiger partial charge in [0.15, 0.2) is 0 Å². The molecular formula is C23H15BrN2. The average Bonchev–Trinajstić information content (AvgIpc) is 3.02. The van der Waals surface area contributed by atoms with E-state index in [1.54, 1.807) is 0 Å². The van der Waals surface area contributed by atoms with Crippen molar-refractivity contribution >= 4 is 37.9 Å². The van der Waals surface area contributed by atoms with Crippen LogP contribution in [0.5, 0.6) is 0 Å². The van der Waals surface area contributed by atoms with Gasteiger partial charge in [-0.15, -0.1) is 0 Å². The smallest absolute Gasteiger partial charge is 0.0963 e. The zero-order chi connectivity index (χ0) is 17.5. The van der Waals surface area contributed by atoms with Crippen LogP contribution in [-0.4, -0.2) is 9.55 Å². The van der Waals surface area contributed by atoms with Crippen LogP contribution in [0.2, 0.25) is 0 Å². The second-order valence-electron chi connectivity index (χ2n) is 6.28. The van der Waals surface area contributed by atoms with Crippen molar-refractivity contribution in [2.24, 2.45) is 0 Å². The highest BCUT2D eigenvalue weighted by Gasteiger charge is 2.13. The molecule has 5 aromatic rings. The first kappa shape index (κ1) is 15.4. The molecule has 0 N–H and O–H groups in total. The fraction of sp³-hybridized carbons (Fsp3) is 0. The maximum absolute atomic E-state index is 4.63. The van der Waals surface area contributed by atoms with Crippen LogP contribution in [0, 0.1) is 0 Å². The van der Waals surface area contributed by atoms with E-state index in [0.717, 1.165) is 32.1 Å². The molecule has 2 heterocycles. The Bertz CT molecular complexity index is 1240. The van der Waals surface area contributed by atoms with Gasteiger partial charge in [0, 0.05) is 21.7 Å². The number of aromatic nitrogens is 2. The topological polar surface area (TPSA) is 17.8 Å². The molecule has 0 spiro atoms. The maximum Gasteiger partial charge on any atom is 0.0963 e. The van der Waals surface area contributed by atoms with Crippen LogP contribution in [0.4, 0.5) is 0 Å². The fourth-order valence-corrected chi connectivity index (χ4v) is 3.89. The predicted molar refractivity (Wildman–Crippen MR) is 112 cm³/mol. The molecule has 0 saturated heterocycles. The molecule has 2 nitrogen and oxygen atoms in total. The third-order valence-corrected chi connectivity index (χ3v) is 5.19. The minimum absolute atomic E-state index is 1.03. The quantitative estimate of drug-likeness (QED) is 0.327. The zero-order valence-corrected chi connectivity index (χ0v) is 15.5. The van der Waals surface area contributed by atoms with Crippen molar-refractivity contribution in [3.05, 3.63) is 95.6 Å². The number of hydrogen-bond acceptors (Lipinski definition) is 1. The van der Waals surface area contributed by atoms with Crippen molar-refractivity contribution < 1.29 is 0 Å². The summed E-state index contributed by atoms with van der Waals surface area (Å²) in [4.78, 5) is 4.63. The summed E-state index contributed by atoms with van der Waals surface area (Å²) in [6.45, 7) is 0. The molecule has 3 aromatic carbocycles. The van der Waals surface area contributed by atoms with Gasteiger partial charge in [-0.3, -0.25) is 4.98 Å². The summed E-state index contributed by atoms with van der Waals surface area (Å²) in [5, 5.41) is 1.16. The van der Waals surface area contributed by atoms with Gasteiger partial charge < -0.3 is 4.57 Å². The monoisotopic (exact) mass is 398 g/mol. The van der Waals surface area contributed by atoms with Gasteiger partial charge in [0.05, 0.1) is 16.6 Å². The van der Waals surface area contributed by atoms with Gasteiger partial charge in [-0.05, 0) is 53.6 Å². The summed E-state index contributed by atoms with van der Waals surface area (Å²) in [5.74, 6) is 0. The first-order valence-electron chi connectivity index (χ1n) is 8.52. The highest BCUT2D eigenvalue weighted by atomic mass is 79.9. The van der Waals surface area contributed by atoms with Gasteiger partial charge in [-0.25, -0.2) is 0 Å². The maximum atomic E-state index is 4.63. The van der Waals surface area contributed by atoms with E-state index < -0.39 is 0 Å². The summed E-state index contributed by atoms with van der Waals surface area (Å²) >= 11 is 3.61. The number of fused-ring (bicyclic) bond motifs is 3. The van der Waals surface area contributed by atoms with E-state index in [-0.39, 0.29) is 0 Å². The van der Waals surface area contributed by atoms with Gasteiger partial charge in [-0.1, -0.05) is 58.4 Å². The van der Waals surface area contributed by atoms with E-state index in [2.05, 4.69) is 98.3 Å². The van der Waals surface area contributed by atoms with E-state index >= 15 is 0 Å². The standard InChI is InChI=1S/C23H15BrN2/c24-18-11-12-20-22(15-18)26(21-10-5-13-25-23(20)21)19-9-4-8-17(14-19)16-6-2-1-3-7-16/h1-15H. The molecular weight excluding hydrogens is 384 g/mol. The molecule has 26 heavy (non-hydrogen) atoms. The van der Waals surface area contributed by atoms with Crippen LogP contribution in [0.3, 0.4) is 0 Å². The number of halogens is 1. The van der Waals surface area contributed by atoms with E-state index in [1.807, 2.05) is 18.3 Å². The third kappa shape index (κ3) is 2.44. The van der Waals surface area contributed by atoms with Crippen LogP contribution in [0.15, 0.2) is 95.6 Å². The molecule has 0 radical (unpaired) electrons. The minimum Gasteiger partial charge on any atom is -0.308 e. The summed E-state index contributed by atoms with van der Waals surface area (Å²) in [6.07, 6.45) is 1.86. The lowest BCUT2D eigenvalue weighted by Crippen LogP contribution is -1.94. The SMILES string of the molecule is Brc1ccc2c3ncccc3n(-c3cccc(-c4ccccc4)c3)c2c1. The summed E-state index contributed by atoms with van der Waals surface area (Å²) in [7, 11) is 0. The molecule has 124 valence electrons. The Morgan fingerprint density at radius 3 is 2.42 bits per heavy atom. The normalized spacial score (nSPS) is 11.3. The van der Waals surface area contributed by atoms with Gasteiger partial charge in [-0.2, -0.15) is 0 Å². The number of nitrogens with zero attached hydrogens (tertiary/aromatic N) is 2. The lowest BCUT2D eigenvalue weighted by Gasteiger charge is -2.10. The lowest BCUT2D eigenvalue weighted by molar-refractivity contribution is 1.17. The number of hydrogen-bond donors (Lipinski definition) is 0. The van der Waals surface area contributed by atoms with Crippen molar-refractivity contribution in [3.63, 3.8) is 0 Å². The molecule has 5 rings (SSSR count). The van der Waals surface area contributed by atoms with Crippen molar-refractivity contribution in [1.82, 2.24) is 9.55 Å². The molecule has 0 aliphatic carbocycles. The Hall–Kier alpha value is -2.91. The Labute approximate surface area is 159 Å². The van der Waals surface area contributed by atoms with Gasteiger partial charge in [0.25, 0.3) is 0 Å². The van der Waals surface area contributed by atoms with Crippen molar-refractivity contribution in [1.29, 1.82) is 0 Å². The van der Waals surface area contributed by atoms with Crippen molar-refractivity contribution in [3.8, 4) is 16.8 Å². The molecule has 3 heteroatoms. The predicted octanol–water partition coefficient (Wildman–Crippen LogP) is 6.61. The first-order chi connectivity index (χ1) is 12.8. The molecule has 2 aromatic heterocycles. The second kappa shape index (κ2) is 6.11. The van der Waals surface area contributed by atoms with Gasteiger partial charge >= 0.3 is 0 Å². The largest absolute Gasteiger partial charge is 0.308 e. The van der Waals surface area contributed by atoms with E-state index in [1.165, 1.54) is 11.1 Å². The number of rotatable bonds is 2. The van der Waals surface area contributed by atoms with Crippen LogP contribution < -0.4 is 0 Å². The number of benzene rings is 3.